The maximum atomic E-state index is 11.4. The molecule has 0 atom stereocenters. The SMILES string of the molecule is CC(=Nc1ccccc1)c1ccc(S(C)(=O)=O)cc1. The highest BCUT2D eigenvalue weighted by atomic mass is 32.2. The number of hydrogen-bond acceptors (Lipinski definition) is 3. The number of nitrogens with zero attached hydrogens (tertiary/aromatic N) is 1. The molecule has 0 bridgehead atoms. The van der Waals surface area contributed by atoms with E-state index in [2.05, 4.69) is 4.99 Å². The first-order valence-electron chi connectivity index (χ1n) is 5.87. The summed E-state index contributed by atoms with van der Waals surface area (Å²) in [5, 5.41) is 0. The molecule has 0 heterocycles. The second kappa shape index (κ2) is 5.36. The Morgan fingerprint density at radius 1 is 0.947 bits per heavy atom. The van der Waals surface area contributed by atoms with Crippen molar-refractivity contribution in [3.63, 3.8) is 0 Å². The maximum Gasteiger partial charge on any atom is 0.175 e. The van der Waals surface area contributed by atoms with E-state index in [9.17, 15) is 8.42 Å². The zero-order valence-corrected chi connectivity index (χ0v) is 11.7. The van der Waals surface area contributed by atoms with Crippen molar-refractivity contribution < 1.29 is 8.42 Å². The zero-order chi connectivity index (χ0) is 13.9. The van der Waals surface area contributed by atoms with E-state index in [0.29, 0.717) is 4.90 Å². The van der Waals surface area contributed by atoms with Crippen LogP contribution in [0.15, 0.2) is 64.5 Å². The average molecular weight is 273 g/mol. The molecule has 0 saturated carbocycles. The molecule has 0 fully saturated rings. The van der Waals surface area contributed by atoms with Gasteiger partial charge < -0.3 is 0 Å². The van der Waals surface area contributed by atoms with Crippen molar-refractivity contribution in [3.8, 4) is 0 Å². The highest BCUT2D eigenvalue weighted by molar-refractivity contribution is 7.90. The predicted molar refractivity (Wildman–Crippen MR) is 77.9 cm³/mol. The van der Waals surface area contributed by atoms with Gasteiger partial charge in [-0.3, -0.25) is 4.99 Å². The molecular formula is C15H15NO2S. The molecule has 0 spiro atoms. The summed E-state index contributed by atoms with van der Waals surface area (Å²) in [6, 6.07) is 16.4. The fourth-order valence-electron chi connectivity index (χ4n) is 1.70. The Labute approximate surface area is 113 Å². The topological polar surface area (TPSA) is 46.5 Å². The third-order valence-corrected chi connectivity index (χ3v) is 3.88. The number of rotatable bonds is 3. The van der Waals surface area contributed by atoms with Crippen molar-refractivity contribution >= 4 is 21.2 Å². The largest absolute Gasteiger partial charge is 0.253 e. The third kappa shape index (κ3) is 3.51. The number of sulfone groups is 1. The first-order valence-corrected chi connectivity index (χ1v) is 7.77. The lowest BCUT2D eigenvalue weighted by Crippen LogP contribution is -1.99. The minimum atomic E-state index is -3.14. The van der Waals surface area contributed by atoms with Crippen molar-refractivity contribution in [1.29, 1.82) is 0 Å². The van der Waals surface area contributed by atoms with E-state index in [1.165, 1.54) is 6.26 Å². The Morgan fingerprint density at radius 2 is 1.53 bits per heavy atom. The third-order valence-electron chi connectivity index (χ3n) is 2.75. The highest BCUT2D eigenvalue weighted by Crippen LogP contribution is 2.15. The van der Waals surface area contributed by atoms with Crippen molar-refractivity contribution in [3.05, 3.63) is 60.2 Å². The van der Waals surface area contributed by atoms with E-state index in [1.54, 1.807) is 24.3 Å². The van der Waals surface area contributed by atoms with E-state index >= 15 is 0 Å². The molecule has 0 aliphatic heterocycles. The molecule has 0 saturated heterocycles. The van der Waals surface area contributed by atoms with Crippen molar-refractivity contribution in [1.82, 2.24) is 0 Å². The molecule has 0 unspecified atom stereocenters. The average Bonchev–Trinajstić information content (AvgIpc) is 2.39. The first kappa shape index (κ1) is 13.5. The van der Waals surface area contributed by atoms with Crippen LogP contribution in [0, 0.1) is 0 Å². The smallest absolute Gasteiger partial charge is 0.175 e. The van der Waals surface area contributed by atoms with Gasteiger partial charge in [0.05, 0.1) is 10.6 Å². The van der Waals surface area contributed by atoms with Gasteiger partial charge in [0, 0.05) is 12.0 Å². The lowest BCUT2D eigenvalue weighted by Gasteiger charge is -2.03. The van der Waals surface area contributed by atoms with Crippen LogP contribution >= 0.6 is 0 Å². The van der Waals surface area contributed by atoms with Crippen LogP contribution in [0.1, 0.15) is 12.5 Å². The number of benzene rings is 2. The van der Waals surface area contributed by atoms with E-state index in [-0.39, 0.29) is 0 Å². The van der Waals surface area contributed by atoms with E-state index < -0.39 is 9.84 Å². The van der Waals surface area contributed by atoms with Gasteiger partial charge in [-0.25, -0.2) is 8.42 Å². The van der Waals surface area contributed by atoms with Crippen LogP contribution < -0.4 is 0 Å². The summed E-state index contributed by atoms with van der Waals surface area (Å²) in [6.45, 7) is 1.91. The summed E-state index contributed by atoms with van der Waals surface area (Å²) < 4.78 is 22.7. The van der Waals surface area contributed by atoms with Crippen molar-refractivity contribution in [2.75, 3.05) is 6.26 Å². The fraction of sp³-hybridized carbons (Fsp3) is 0.133. The Balaban J connectivity index is 2.30. The minimum absolute atomic E-state index is 0.323. The van der Waals surface area contributed by atoms with Gasteiger partial charge >= 0.3 is 0 Å². The first-order chi connectivity index (χ1) is 8.97. The van der Waals surface area contributed by atoms with Crippen LogP contribution in [0.25, 0.3) is 0 Å². The maximum absolute atomic E-state index is 11.4. The van der Waals surface area contributed by atoms with Crippen LogP contribution in [0.3, 0.4) is 0 Å². The van der Waals surface area contributed by atoms with Gasteiger partial charge in [-0.05, 0) is 36.8 Å². The molecule has 0 aliphatic carbocycles. The molecule has 98 valence electrons. The molecule has 0 aromatic heterocycles. The van der Waals surface area contributed by atoms with Crippen LogP contribution in [-0.4, -0.2) is 20.4 Å². The Bertz CT molecular complexity index is 687. The van der Waals surface area contributed by atoms with Crippen molar-refractivity contribution in [2.45, 2.75) is 11.8 Å². The van der Waals surface area contributed by atoms with E-state index in [4.69, 9.17) is 0 Å². The molecule has 2 rings (SSSR count). The molecule has 0 N–H and O–H groups in total. The van der Waals surface area contributed by atoms with E-state index in [0.717, 1.165) is 17.0 Å². The van der Waals surface area contributed by atoms with Crippen LogP contribution in [0.5, 0.6) is 0 Å². The normalized spacial score (nSPS) is 12.4. The van der Waals surface area contributed by atoms with Crippen molar-refractivity contribution in [2.24, 2.45) is 4.99 Å². The summed E-state index contributed by atoms with van der Waals surface area (Å²) >= 11 is 0. The molecule has 19 heavy (non-hydrogen) atoms. The Kier molecular flexibility index (Phi) is 3.81. The lowest BCUT2D eigenvalue weighted by atomic mass is 10.1. The zero-order valence-electron chi connectivity index (χ0n) is 10.9. The van der Waals surface area contributed by atoms with Crippen LogP contribution in [-0.2, 0) is 9.84 Å². The predicted octanol–water partition coefficient (Wildman–Crippen LogP) is 3.23. The lowest BCUT2D eigenvalue weighted by molar-refractivity contribution is 0.602. The molecule has 0 amide bonds. The molecule has 4 heteroatoms. The number of aliphatic imine (C=N–C) groups is 1. The molecule has 3 nitrogen and oxygen atoms in total. The number of para-hydroxylation sites is 1. The Hall–Kier alpha value is -1.94. The second-order valence-electron chi connectivity index (χ2n) is 4.33. The van der Waals surface area contributed by atoms with Gasteiger partial charge in [-0.1, -0.05) is 30.3 Å². The van der Waals surface area contributed by atoms with E-state index in [1.807, 2.05) is 37.3 Å². The van der Waals surface area contributed by atoms with Gasteiger partial charge in [-0.2, -0.15) is 0 Å². The van der Waals surface area contributed by atoms with Gasteiger partial charge in [0.25, 0.3) is 0 Å². The molecule has 2 aromatic carbocycles. The van der Waals surface area contributed by atoms with Crippen LogP contribution in [0.4, 0.5) is 5.69 Å². The van der Waals surface area contributed by atoms with Gasteiger partial charge in [0.2, 0.25) is 0 Å². The minimum Gasteiger partial charge on any atom is -0.253 e. The van der Waals surface area contributed by atoms with Gasteiger partial charge in [0.1, 0.15) is 0 Å². The van der Waals surface area contributed by atoms with Gasteiger partial charge in [0.15, 0.2) is 9.84 Å². The fourth-order valence-corrected chi connectivity index (χ4v) is 2.33. The summed E-state index contributed by atoms with van der Waals surface area (Å²) in [6.07, 6.45) is 1.20. The molecule has 0 radical (unpaired) electrons. The van der Waals surface area contributed by atoms with Gasteiger partial charge in [-0.15, -0.1) is 0 Å². The number of hydrogen-bond donors (Lipinski definition) is 0. The quantitative estimate of drug-likeness (QED) is 0.806. The molecular weight excluding hydrogens is 258 g/mol. The standard InChI is InChI=1S/C15H15NO2S/c1-12(16-14-6-4-3-5-7-14)13-8-10-15(11-9-13)19(2,17)18/h3-11H,1-2H3. The Morgan fingerprint density at radius 3 is 2.05 bits per heavy atom. The summed E-state index contributed by atoms with van der Waals surface area (Å²) in [7, 11) is -3.14. The molecule has 0 aliphatic rings. The summed E-state index contributed by atoms with van der Waals surface area (Å²) in [5.41, 5.74) is 2.65. The summed E-state index contributed by atoms with van der Waals surface area (Å²) in [5.74, 6) is 0. The summed E-state index contributed by atoms with van der Waals surface area (Å²) in [4.78, 5) is 4.81. The second-order valence-corrected chi connectivity index (χ2v) is 6.35. The van der Waals surface area contributed by atoms with Crippen LogP contribution in [0.2, 0.25) is 0 Å². The highest BCUT2D eigenvalue weighted by Gasteiger charge is 2.06. The monoisotopic (exact) mass is 273 g/mol. The molecule has 2 aromatic rings.